The van der Waals surface area contributed by atoms with Crippen LogP contribution in [0.4, 0.5) is 10.5 Å². The van der Waals surface area contributed by atoms with Gasteiger partial charge in [0.2, 0.25) is 0 Å². The Morgan fingerprint density at radius 2 is 2.20 bits per heavy atom. The van der Waals surface area contributed by atoms with Crippen molar-refractivity contribution in [3.8, 4) is 0 Å². The molecule has 1 aromatic carbocycles. The number of carbonyl (C=O) groups excluding carboxylic acids is 1. The molecule has 104 valence electrons. The third-order valence-corrected chi connectivity index (χ3v) is 2.42. The van der Waals surface area contributed by atoms with E-state index in [1.165, 1.54) is 23.1 Å². The normalized spacial score (nSPS) is 10.1. The molecule has 0 bridgehead atoms. The summed E-state index contributed by atoms with van der Waals surface area (Å²) in [5.41, 5.74) is 0.505. The molecule has 0 spiro atoms. The number of nitrogens with zero attached hydrogens (tertiary/aromatic N) is 3. The van der Waals surface area contributed by atoms with Crippen molar-refractivity contribution < 1.29 is 14.7 Å². The maximum absolute atomic E-state index is 11.6. The van der Waals surface area contributed by atoms with Crippen LogP contribution in [0.1, 0.15) is 16.2 Å². The molecule has 0 aliphatic rings. The third kappa shape index (κ3) is 3.55. The summed E-state index contributed by atoms with van der Waals surface area (Å²) in [6, 6.07) is 5.52. The molecular weight excluding hydrogens is 262 g/mol. The fourth-order valence-corrected chi connectivity index (χ4v) is 1.53. The smallest absolute Gasteiger partial charge is 0.335 e. The fourth-order valence-electron chi connectivity index (χ4n) is 1.53. The van der Waals surface area contributed by atoms with Gasteiger partial charge in [-0.25, -0.2) is 14.6 Å². The Morgan fingerprint density at radius 3 is 2.85 bits per heavy atom. The van der Waals surface area contributed by atoms with Crippen LogP contribution in [0.5, 0.6) is 0 Å². The number of carboxylic acids is 1. The van der Waals surface area contributed by atoms with E-state index in [1.807, 2.05) is 0 Å². The minimum Gasteiger partial charge on any atom is -0.478 e. The van der Waals surface area contributed by atoms with Crippen LogP contribution in [0.2, 0.25) is 0 Å². The Labute approximate surface area is 114 Å². The standard InChI is InChI=1S/C12H13N5O3/c1-17-7-14-10(16-17)6-13-12(20)15-9-4-2-3-8(5-9)11(18)19/h2-5,7H,6H2,1H3,(H,18,19)(H2,13,15,20). The zero-order chi connectivity index (χ0) is 14.5. The summed E-state index contributed by atoms with van der Waals surface area (Å²) >= 11 is 0. The second-order valence-corrected chi connectivity index (χ2v) is 4.03. The van der Waals surface area contributed by atoms with Gasteiger partial charge in [-0.3, -0.25) is 4.68 Å². The van der Waals surface area contributed by atoms with Crippen LogP contribution >= 0.6 is 0 Å². The number of anilines is 1. The number of carbonyl (C=O) groups is 2. The molecule has 8 nitrogen and oxygen atoms in total. The van der Waals surface area contributed by atoms with E-state index < -0.39 is 12.0 Å². The zero-order valence-corrected chi connectivity index (χ0v) is 10.7. The SMILES string of the molecule is Cn1cnc(CNC(=O)Nc2cccc(C(=O)O)c2)n1. The third-order valence-electron chi connectivity index (χ3n) is 2.42. The Bertz CT molecular complexity index is 638. The monoisotopic (exact) mass is 275 g/mol. The van der Waals surface area contributed by atoms with Gasteiger partial charge in [-0.05, 0) is 18.2 Å². The summed E-state index contributed by atoms with van der Waals surface area (Å²) in [4.78, 5) is 26.4. The largest absolute Gasteiger partial charge is 0.478 e. The van der Waals surface area contributed by atoms with Gasteiger partial charge in [0.15, 0.2) is 5.82 Å². The lowest BCUT2D eigenvalue weighted by Gasteiger charge is -2.06. The van der Waals surface area contributed by atoms with Crippen molar-refractivity contribution in [2.45, 2.75) is 6.54 Å². The molecule has 1 heterocycles. The quantitative estimate of drug-likeness (QED) is 0.765. The van der Waals surface area contributed by atoms with Crippen LogP contribution in [0.25, 0.3) is 0 Å². The topological polar surface area (TPSA) is 109 Å². The molecule has 0 saturated carbocycles. The Kier molecular flexibility index (Phi) is 3.94. The lowest BCUT2D eigenvalue weighted by Crippen LogP contribution is -2.28. The Morgan fingerprint density at radius 1 is 1.40 bits per heavy atom. The molecular formula is C12H13N5O3. The molecule has 0 fully saturated rings. The van der Waals surface area contributed by atoms with E-state index in [4.69, 9.17) is 5.11 Å². The highest BCUT2D eigenvalue weighted by Gasteiger charge is 2.07. The van der Waals surface area contributed by atoms with E-state index >= 15 is 0 Å². The van der Waals surface area contributed by atoms with Gasteiger partial charge >= 0.3 is 12.0 Å². The molecule has 0 aliphatic carbocycles. The Balaban J connectivity index is 1.91. The minimum atomic E-state index is -1.05. The second kappa shape index (κ2) is 5.83. The van der Waals surface area contributed by atoms with E-state index in [9.17, 15) is 9.59 Å². The summed E-state index contributed by atoms with van der Waals surface area (Å²) < 4.78 is 1.53. The van der Waals surface area contributed by atoms with Crippen LogP contribution in [-0.2, 0) is 13.6 Å². The molecule has 20 heavy (non-hydrogen) atoms. The molecule has 0 saturated heterocycles. The summed E-state index contributed by atoms with van der Waals surface area (Å²) in [5, 5.41) is 18.0. The van der Waals surface area contributed by atoms with Crippen LogP contribution in [0.15, 0.2) is 30.6 Å². The van der Waals surface area contributed by atoms with Gasteiger partial charge in [0.25, 0.3) is 0 Å². The van der Waals surface area contributed by atoms with Gasteiger partial charge in [-0.2, -0.15) is 5.10 Å². The molecule has 0 aliphatic heterocycles. The molecule has 1 aromatic heterocycles. The average molecular weight is 275 g/mol. The van der Waals surface area contributed by atoms with Gasteiger partial charge in [0.1, 0.15) is 6.33 Å². The predicted octanol–water partition coefficient (Wildman–Crippen LogP) is 0.835. The minimum absolute atomic E-state index is 0.106. The van der Waals surface area contributed by atoms with E-state index in [0.29, 0.717) is 11.5 Å². The van der Waals surface area contributed by atoms with Gasteiger partial charge in [0.05, 0.1) is 12.1 Å². The number of hydrogen-bond acceptors (Lipinski definition) is 4. The van der Waals surface area contributed by atoms with E-state index in [2.05, 4.69) is 20.7 Å². The highest BCUT2D eigenvalue weighted by atomic mass is 16.4. The van der Waals surface area contributed by atoms with E-state index in [-0.39, 0.29) is 12.1 Å². The van der Waals surface area contributed by atoms with E-state index in [0.717, 1.165) is 0 Å². The molecule has 0 unspecified atom stereocenters. The van der Waals surface area contributed by atoms with Crippen molar-refractivity contribution >= 4 is 17.7 Å². The molecule has 3 N–H and O–H groups in total. The summed E-state index contributed by atoms with van der Waals surface area (Å²) in [6.45, 7) is 0.186. The first kappa shape index (κ1) is 13.5. The number of nitrogens with one attached hydrogen (secondary N) is 2. The highest BCUT2D eigenvalue weighted by Crippen LogP contribution is 2.10. The van der Waals surface area contributed by atoms with Gasteiger partial charge < -0.3 is 15.7 Å². The summed E-state index contributed by atoms with van der Waals surface area (Å²) in [5.74, 6) is -0.561. The van der Waals surface area contributed by atoms with Gasteiger partial charge in [0, 0.05) is 12.7 Å². The Hall–Kier alpha value is -2.90. The number of urea groups is 1. The molecule has 0 radical (unpaired) electrons. The highest BCUT2D eigenvalue weighted by molar-refractivity contribution is 5.93. The van der Waals surface area contributed by atoms with E-state index in [1.54, 1.807) is 19.2 Å². The maximum atomic E-state index is 11.6. The maximum Gasteiger partial charge on any atom is 0.335 e. The number of amides is 2. The molecule has 8 heteroatoms. The number of benzene rings is 1. The lowest BCUT2D eigenvalue weighted by molar-refractivity contribution is 0.0697. The van der Waals surface area contributed by atoms with Gasteiger partial charge in [-0.1, -0.05) is 6.07 Å². The number of hydrogen-bond donors (Lipinski definition) is 3. The van der Waals surface area contributed by atoms with Crippen LogP contribution in [0, 0.1) is 0 Å². The van der Waals surface area contributed by atoms with Crippen molar-refractivity contribution in [2.75, 3.05) is 5.32 Å². The number of aromatic nitrogens is 3. The fraction of sp³-hybridized carbons (Fsp3) is 0.167. The average Bonchev–Trinajstić information content (AvgIpc) is 2.82. The summed E-state index contributed by atoms with van der Waals surface area (Å²) in [6.07, 6.45) is 1.53. The van der Waals surface area contributed by atoms with Gasteiger partial charge in [-0.15, -0.1) is 0 Å². The second-order valence-electron chi connectivity index (χ2n) is 4.03. The number of carboxylic acid groups (broad SMARTS) is 1. The number of aryl methyl sites for hydroxylation is 1. The molecule has 0 atom stereocenters. The number of aromatic carboxylic acids is 1. The molecule has 2 amide bonds. The van der Waals surface area contributed by atoms with Crippen LogP contribution < -0.4 is 10.6 Å². The van der Waals surface area contributed by atoms with Crippen LogP contribution in [-0.4, -0.2) is 31.9 Å². The predicted molar refractivity (Wildman–Crippen MR) is 70.3 cm³/mol. The lowest BCUT2D eigenvalue weighted by atomic mass is 10.2. The molecule has 2 rings (SSSR count). The van der Waals surface area contributed by atoms with Crippen molar-refractivity contribution in [3.63, 3.8) is 0 Å². The first-order chi connectivity index (χ1) is 9.54. The van der Waals surface area contributed by atoms with Crippen LogP contribution in [0.3, 0.4) is 0 Å². The first-order valence-corrected chi connectivity index (χ1v) is 5.77. The summed E-state index contributed by atoms with van der Waals surface area (Å²) in [7, 11) is 1.73. The van der Waals surface area contributed by atoms with Crippen molar-refractivity contribution in [2.24, 2.45) is 7.05 Å². The van der Waals surface area contributed by atoms with Crippen molar-refractivity contribution in [1.82, 2.24) is 20.1 Å². The van der Waals surface area contributed by atoms with Crippen molar-refractivity contribution in [1.29, 1.82) is 0 Å². The zero-order valence-electron chi connectivity index (χ0n) is 10.7. The first-order valence-electron chi connectivity index (χ1n) is 5.77. The number of rotatable bonds is 4. The van der Waals surface area contributed by atoms with Crippen molar-refractivity contribution in [3.05, 3.63) is 42.0 Å². The molecule has 2 aromatic rings.